The molecule has 0 aromatic heterocycles. The van der Waals surface area contributed by atoms with E-state index in [1.807, 2.05) is 48.5 Å². The van der Waals surface area contributed by atoms with Crippen molar-refractivity contribution in [3.8, 4) is 17.2 Å². The molecule has 58 heavy (non-hydrogen) atoms. The fourth-order valence-electron chi connectivity index (χ4n) is 8.74. The molecule has 4 aliphatic heterocycles. The van der Waals surface area contributed by atoms with Crippen molar-refractivity contribution in [3.63, 3.8) is 0 Å². The number of anilines is 2. The monoisotopic (exact) mass is 809 g/mol. The van der Waals surface area contributed by atoms with Crippen LogP contribution in [0.1, 0.15) is 71.5 Å². The van der Waals surface area contributed by atoms with Crippen molar-refractivity contribution >= 4 is 51.7 Å². The molecule has 2 fully saturated rings. The number of carbonyl (C=O) groups is 3. The molecule has 1 N–H and O–H groups in total. The van der Waals surface area contributed by atoms with E-state index in [0.29, 0.717) is 55.6 Å². The molecule has 304 valence electrons. The zero-order valence-corrected chi connectivity index (χ0v) is 33.3. The second-order valence-electron chi connectivity index (χ2n) is 15.2. The van der Waals surface area contributed by atoms with Crippen molar-refractivity contribution in [2.45, 2.75) is 76.0 Å². The number of hydrogen-bond donors (Lipinski definition) is 1. The van der Waals surface area contributed by atoms with E-state index >= 15 is 0 Å². The third-order valence-corrected chi connectivity index (χ3v) is 11.9. The molecule has 8 rings (SSSR count). The smallest absolute Gasteiger partial charge is 0.416 e. The molecule has 4 aliphatic rings. The molecule has 12 nitrogen and oxygen atoms in total. The van der Waals surface area contributed by atoms with Crippen molar-refractivity contribution in [1.29, 1.82) is 0 Å². The van der Waals surface area contributed by atoms with E-state index in [1.165, 1.54) is 18.1 Å². The number of piperidine rings is 1. The number of phenols is 1. The van der Waals surface area contributed by atoms with Gasteiger partial charge in [0.25, 0.3) is 5.91 Å². The van der Waals surface area contributed by atoms with Crippen LogP contribution < -0.4 is 19.3 Å². The zero-order chi connectivity index (χ0) is 40.3. The summed E-state index contributed by atoms with van der Waals surface area (Å²) in [7, 11) is 1.50. The highest BCUT2D eigenvalue weighted by atomic mass is 35.5. The van der Waals surface area contributed by atoms with Gasteiger partial charge in [-0.25, -0.2) is 9.69 Å². The van der Waals surface area contributed by atoms with Crippen LogP contribution in [0.2, 0.25) is 0 Å². The van der Waals surface area contributed by atoms with E-state index in [2.05, 4.69) is 6.58 Å². The van der Waals surface area contributed by atoms with Crippen LogP contribution in [0.4, 0.5) is 16.2 Å². The summed E-state index contributed by atoms with van der Waals surface area (Å²) in [5.74, 6) is 0.660. The van der Waals surface area contributed by atoms with Gasteiger partial charge < -0.3 is 38.6 Å². The molecule has 0 spiro atoms. The fraction of sp³-hybridized carbons (Fsp3) is 0.400. The Hall–Kier alpha value is -5.30. The highest BCUT2D eigenvalue weighted by Crippen LogP contribution is 2.46. The van der Waals surface area contributed by atoms with Crippen LogP contribution in [0.25, 0.3) is 10.8 Å². The van der Waals surface area contributed by atoms with Crippen LogP contribution >= 0.6 is 11.6 Å². The minimum Gasteiger partial charge on any atom is -0.507 e. The second-order valence-corrected chi connectivity index (χ2v) is 15.5. The van der Waals surface area contributed by atoms with Crippen LogP contribution in [-0.2, 0) is 32.0 Å². The number of phenolic OH excluding ortho intramolecular Hbond substituents is 1. The van der Waals surface area contributed by atoms with Crippen molar-refractivity contribution < 1.29 is 43.2 Å². The number of nitrogens with zero attached hydrogens (tertiary/aromatic N) is 3. The van der Waals surface area contributed by atoms with E-state index in [0.717, 1.165) is 53.1 Å². The van der Waals surface area contributed by atoms with Gasteiger partial charge in [0.15, 0.2) is 24.0 Å². The van der Waals surface area contributed by atoms with Crippen LogP contribution in [0.5, 0.6) is 17.2 Å². The van der Waals surface area contributed by atoms with Crippen LogP contribution in [0.15, 0.2) is 79.4 Å². The normalized spacial score (nSPS) is 21.5. The number of fused-ring (bicyclic) bond motifs is 5. The Morgan fingerprint density at radius 2 is 1.78 bits per heavy atom. The predicted molar refractivity (Wildman–Crippen MR) is 220 cm³/mol. The quantitative estimate of drug-likeness (QED) is 0.118. The Kier molecular flexibility index (Phi) is 11.8. The lowest BCUT2D eigenvalue weighted by atomic mass is 9.95. The van der Waals surface area contributed by atoms with Crippen LogP contribution in [0.3, 0.4) is 0 Å². The molecule has 4 atom stereocenters. The lowest BCUT2D eigenvalue weighted by molar-refractivity contribution is -0.198. The Balaban J connectivity index is 1.07. The number of rotatable bonds is 11. The number of amides is 3. The number of ether oxygens (including phenoxy) is 5. The Morgan fingerprint density at radius 1 is 0.966 bits per heavy atom. The Bertz CT molecular complexity index is 2210. The number of aromatic hydroxyl groups is 1. The summed E-state index contributed by atoms with van der Waals surface area (Å²) in [5.41, 5.74) is 3.77. The lowest BCUT2D eigenvalue weighted by Crippen LogP contribution is -2.57. The number of benzene rings is 4. The van der Waals surface area contributed by atoms with Crippen LogP contribution in [-0.4, -0.2) is 85.8 Å². The van der Waals surface area contributed by atoms with E-state index in [-0.39, 0.29) is 54.4 Å². The number of alkyl halides is 1. The predicted octanol–water partition coefficient (Wildman–Crippen LogP) is 8.05. The zero-order valence-electron chi connectivity index (χ0n) is 32.6. The Morgan fingerprint density at radius 3 is 2.55 bits per heavy atom. The number of methoxy groups -OCH3 is 1. The minimum atomic E-state index is -0.883. The average Bonchev–Trinajstić information content (AvgIpc) is 3.59. The van der Waals surface area contributed by atoms with Gasteiger partial charge in [0.05, 0.1) is 36.5 Å². The maximum atomic E-state index is 14.3. The lowest BCUT2D eigenvalue weighted by Gasteiger charge is -2.42. The Labute approximate surface area is 342 Å². The molecular formula is C45H48ClN3O9. The molecule has 3 amide bonds. The molecule has 13 heteroatoms. The molecular weight excluding hydrogens is 762 g/mol. The molecule has 0 bridgehead atoms. The molecule has 4 aromatic carbocycles. The third kappa shape index (κ3) is 7.68. The summed E-state index contributed by atoms with van der Waals surface area (Å²) in [6, 6.07) is 19.7. The van der Waals surface area contributed by atoms with E-state index in [9.17, 15) is 19.5 Å². The van der Waals surface area contributed by atoms with Crippen molar-refractivity contribution in [2.24, 2.45) is 0 Å². The first-order valence-corrected chi connectivity index (χ1v) is 20.5. The van der Waals surface area contributed by atoms with E-state index in [4.69, 9.17) is 35.3 Å². The summed E-state index contributed by atoms with van der Waals surface area (Å²) in [6.45, 7) is 5.26. The van der Waals surface area contributed by atoms with Crippen LogP contribution in [0, 0.1) is 0 Å². The van der Waals surface area contributed by atoms with Crippen molar-refractivity contribution in [3.05, 3.63) is 102 Å². The maximum Gasteiger partial charge on any atom is 0.416 e. The fourth-order valence-corrected chi connectivity index (χ4v) is 8.99. The van der Waals surface area contributed by atoms with Gasteiger partial charge in [0.1, 0.15) is 19.0 Å². The molecule has 0 radical (unpaired) electrons. The van der Waals surface area contributed by atoms with Gasteiger partial charge in [0, 0.05) is 49.0 Å². The van der Waals surface area contributed by atoms with Gasteiger partial charge in [0.2, 0.25) is 5.91 Å². The molecule has 4 aromatic rings. The van der Waals surface area contributed by atoms with E-state index in [1.54, 1.807) is 28.0 Å². The topological polar surface area (TPSA) is 127 Å². The SMILES string of the molecule is C=CCOC(=O)N1c2cc(OCc3cccc(CC(=O)N4C[C@@H](CCl)c5c4cc(O)c4ccccc54)c3)c(OC)cc2C(=O)N2CCCC[C@H]2C1OC1CCCCO1. The summed E-state index contributed by atoms with van der Waals surface area (Å²) in [5, 5.41) is 12.5. The molecule has 0 aliphatic carbocycles. The summed E-state index contributed by atoms with van der Waals surface area (Å²) >= 11 is 6.42. The number of carbonyl (C=O) groups excluding carboxylic acids is 3. The van der Waals surface area contributed by atoms with Crippen molar-refractivity contribution in [1.82, 2.24) is 4.90 Å². The molecule has 2 saturated heterocycles. The standard InChI is InChI=1S/C45H48ClN3O9/c1-3-18-56-45(53)49-35-24-39(38(54-2)22-33(35)43(52)47-17-8-6-15-34(47)44(49)58-41-16-7-9-19-55-41)57-27-29-12-10-11-28(20-29)21-40(51)48-26-30(25-46)42-32-14-5-4-13-31(32)37(50)23-36(42)48/h3-5,10-14,20,22-24,30,34,41,44,50H,1,6-9,15-19,21,25-27H2,2H3/t30-,34+,41?,44?/m1/s1. The maximum absolute atomic E-state index is 14.3. The van der Waals surface area contributed by atoms with Gasteiger partial charge in [-0.3, -0.25) is 9.59 Å². The largest absolute Gasteiger partial charge is 0.507 e. The summed E-state index contributed by atoms with van der Waals surface area (Å²) in [6.07, 6.45) is 4.35. The first-order chi connectivity index (χ1) is 28.3. The second kappa shape index (κ2) is 17.3. The highest BCUT2D eigenvalue weighted by molar-refractivity contribution is 6.19. The summed E-state index contributed by atoms with van der Waals surface area (Å²) < 4.78 is 30.4. The first-order valence-electron chi connectivity index (χ1n) is 20.0. The number of hydrogen-bond acceptors (Lipinski definition) is 9. The highest BCUT2D eigenvalue weighted by Gasteiger charge is 2.47. The minimum absolute atomic E-state index is 0.0328. The third-order valence-electron chi connectivity index (χ3n) is 11.5. The molecule has 4 heterocycles. The number of halogens is 1. The average molecular weight is 810 g/mol. The molecule has 2 unspecified atom stereocenters. The van der Waals surface area contributed by atoms with Crippen molar-refractivity contribution in [2.75, 3.05) is 49.1 Å². The van der Waals surface area contributed by atoms with Gasteiger partial charge in [-0.15, -0.1) is 11.6 Å². The van der Waals surface area contributed by atoms with Gasteiger partial charge in [-0.1, -0.05) is 61.2 Å². The van der Waals surface area contributed by atoms with Gasteiger partial charge >= 0.3 is 6.09 Å². The first kappa shape index (κ1) is 39.5. The summed E-state index contributed by atoms with van der Waals surface area (Å²) in [4.78, 5) is 47.2. The van der Waals surface area contributed by atoms with E-state index < -0.39 is 24.7 Å². The molecule has 0 saturated carbocycles. The van der Waals surface area contributed by atoms with Gasteiger partial charge in [-0.05, 0) is 66.7 Å². The van der Waals surface area contributed by atoms with Gasteiger partial charge in [-0.2, -0.15) is 0 Å².